The minimum atomic E-state index is -0.427. The Morgan fingerprint density at radius 1 is 1.30 bits per heavy atom. The van der Waals surface area contributed by atoms with Crippen molar-refractivity contribution in [2.45, 2.75) is 26.8 Å². The second-order valence-electron chi connectivity index (χ2n) is 5.99. The molecule has 0 aliphatic rings. The minimum absolute atomic E-state index is 0. The standard InChI is InChI=1S/C18H24FN5OS.HI/c1-11-12(2)26-16(24-11)10-23-18(21-3)22-9-14(17(20)25)8-13-4-6-15(19)7-5-13;/h4-7,14H,8-10H2,1-3H3,(H2,20,25)(H2,21,22,23);1H. The molecule has 6 nitrogen and oxygen atoms in total. The van der Waals surface area contributed by atoms with Crippen LogP contribution in [0, 0.1) is 25.6 Å². The Hall–Kier alpha value is -1.75. The number of amides is 1. The number of primary amides is 1. The summed E-state index contributed by atoms with van der Waals surface area (Å²) in [7, 11) is 1.66. The monoisotopic (exact) mass is 505 g/mol. The van der Waals surface area contributed by atoms with E-state index in [0.29, 0.717) is 25.5 Å². The van der Waals surface area contributed by atoms with Crippen molar-refractivity contribution in [3.8, 4) is 0 Å². The number of hydrogen-bond acceptors (Lipinski definition) is 4. The van der Waals surface area contributed by atoms with Gasteiger partial charge in [-0.15, -0.1) is 35.3 Å². The van der Waals surface area contributed by atoms with Crippen molar-refractivity contribution < 1.29 is 9.18 Å². The van der Waals surface area contributed by atoms with Crippen LogP contribution in [0.25, 0.3) is 0 Å². The lowest BCUT2D eigenvalue weighted by atomic mass is 9.98. The number of aromatic nitrogens is 1. The third kappa shape index (κ3) is 7.41. The third-order valence-electron chi connectivity index (χ3n) is 4.02. The van der Waals surface area contributed by atoms with Gasteiger partial charge in [-0.3, -0.25) is 9.79 Å². The second kappa shape index (κ2) is 11.2. The summed E-state index contributed by atoms with van der Waals surface area (Å²) in [6, 6.07) is 6.07. The highest BCUT2D eigenvalue weighted by molar-refractivity contribution is 14.0. The van der Waals surface area contributed by atoms with E-state index in [4.69, 9.17) is 5.73 Å². The first kappa shape index (κ1) is 23.3. The smallest absolute Gasteiger partial charge is 0.222 e. The maximum atomic E-state index is 13.0. The number of thiazole rings is 1. The van der Waals surface area contributed by atoms with E-state index in [-0.39, 0.29) is 29.8 Å². The molecule has 0 saturated heterocycles. The molecule has 1 heterocycles. The van der Waals surface area contributed by atoms with Crippen LogP contribution in [0.2, 0.25) is 0 Å². The zero-order chi connectivity index (χ0) is 19.1. The van der Waals surface area contributed by atoms with Gasteiger partial charge in [-0.2, -0.15) is 0 Å². The summed E-state index contributed by atoms with van der Waals surface area (Å²) < 4.78 is 13.0. The topological polar surface area (TPSA) is 92.4 Å². The summed E-state index contributed by atoms with van der Waals surface area (Å²) in [5.41, 5.74) is 7.39. The Morgan fingerprint density at radius 2 is 1.96 bits per heavy atom. The predicted molar refractivity (Wildman–Crippen MR) is 118 cm³/mol. The van der Waals surface area contributed by atoms with Crippen molar-refractivity contribution in [3.05, 3.63) is 51.2 Å². The van der Waals surface area contributed by atoms with Gasteiger partial charge >= 0.3 is 0 Å². The van der Waals surface area contributed by atoms with Crippen molar-refractivity contribution in [2.24, 2.45) is 16.6 Å². The molecule has 0 aliphatic carbocycles. The molecule has 0 aliphatic heterocycles. The number of halogens is 2. The Kier molecular flexibility index (Phi) is 9.64. The van der Waals surface area contributed by atoms with E-state index < -0.39 is 11.8 Å². The van der Waals surface area contributed by atoms with Crippen molar-refractivity contribution in [3.63, 3.8) is 0 Å². The SMILES string of the molecule is CN=C(NCc1nc(C)c(C)s1)NCC(Cc1ccc(F)cc1)C(N)=O.I. The Balaban J connectivity index is 0.00000364. The maximum absolute atomic E-state index is 13.0. The number of nitrogens with two attached hydrogens (primary N) is 1. The fourth-order valence-corrected chi connectivity index (χ4v) is 3.27. The Bertz CT molecular complexity index is 759. The van der Waals surface area contributed by atoms with E-state index in [1.165, 1.54) is 17.0 Å². The quantitative estimate of drug-likeness (QED) is 0.307. The molecule has 0 spiro atoms. The highest BCUT2D eigenvalue weighted by atomic mass is 127. The van der Waals surface area contributed by atoms with Crippen molar-refractivity contribution >= 4 is 47.2 Å². The number of rotatable bonds is 7. The van der Waals surface area contributed by atoms with Gasteiger partial charge in [0.25, 0.3) is 0 Å². The van der Waals surface area contributed by atoms with Crippen LogP contribution >= 0.6 is 35.3 Å². The van der Waals surface area contributed by atoms with Crippen LogP contribution in [-0.4, -0.2) is 30.4 Å². The number of carbonyl (C=O) groups is 1. The number of aliphatic imine (C=N–C) groups is 1. The van der Waals surface area contributed by atoms with Crippen molar-refractivity contribution in [1.82, 2.24) is 15.6 Å². The number of benzene rings is 1. The zero-order valence-electron chi connectivity index (χ0n) is 15.6. The molecule has 2 rings (SSSR count). The lowest BCUT2D eigenvalue weighted by molar-refractivity contribution is -0.121. The maximum Gasteiger partial charge on any atom is 0.222 e. The molecular formula is C18H25FIN5OS. The number of nitrogens with zero attached hydrogens (tertiary/aromatic N) is 2. The number of nitrogens with one attached hydrogen (secondary N) is 2. The summed E-state index contributed by atoms with van der Waals surface area (Å²) in [5.74, 6) is -0.576. The van der Waals surface area contributed by atoms with Gasteiger partial charge in [0.1, 0.15) is 10.8 Å². The van der Waals surface area contributed by atoms with E-state index in [1.54, 1.807) is 30.5 Å². The molecule has 4 N–H and O–H groups in total. The molecule has 1 unspecified atom stereocenters. The largest absolute Gasteiger partial charge is 0.369 e. The van der Waals surface area contributed by atoms with E-state index in [0.717, 1.165) is 16.3 Å². The fraction of sp³-hybridized carbons (Fsp3) is 0.389. The van der Waals surface area contributed by atoms with Gasteiger partial charge in [-0.25, -0.2) is 9.37 Å². The molecule has 0 fully saturated rings. The van der Waals surface area contributed by atoms with E-state index in [1.807, 2.05) is 13.8 Å². The van der Waals surface area contributed by atoms with Gasteiger partial charge in [0.2, 0.25) is 5.91 Å². The van der Waals surface area contributed by atoms with Gasteiger partial charge in [0, 0.05) is 18.5 Å². The predicted octanol–water partition coefficient (Wildman–Crippen LogP) is 2.53. The molecule has 1 atom stereocenters. The lowest BCUT2D eigenvalue weighted by Crippen LogP contribution is -2.42. The average molecular weight is 505 g/mol. The molecule has 1 amide bonds. The molecule has 0 radical (unpaired) electrons. The molecule has 9 heteroatoms. The molecule has 1 aromatic carbocycles. The summed E-state index contributed by atoms with van der Waals surface area (Å²) in [6.45, 7) is 4.91. The second-order valence-corrected chi connectivity index (χ2v) is 7.27. The van der Waals surface area contributed by atoms with E-state index in [2.05, 4.69) is 20.6 Å². The van der Waals surface area contributed by atoms with Crippen LogP contribution < -0.4 is 16.4 Å². The summed E-state index contributed by atoms with van der Waals surface area (Å²) in [4.78, 5) is 21.5. The summed E-state index contributed by atoms with van der Waals surface area (Å²) >= 11 is 1.64. The molecule has 0 saturated carbocycles. The van der Waals surface area contributed by atoms with E-state index in [9.17, 15) is 9.18 Å². The lowest BCUT2D eigenvalue weighted by Gasteiger charge is -2.17. The third-order valence-corrected chi connectivity index (χ3v) is 5.09. The molecule has 2 aromatic rings. The van der Waals surface area contributed by atoms with Crippen LogP contribution in [0.4, 0.5) is 4.39 Å². The fourth-order valence-electron chi connectivity index (χ4n) is 2.39. The summed E-state index contributed by atoms with van der Waals surface area (Å²) in [5, 5.41) is 7.26. The molecule has 148 valence electrons. The Morgan fingerprint density at radius 3 is 2.48 bits per heavy atom. The van der Waals surface area contributed by atoms with Crippen molar-refractivity contribution in [2.75, 3.05) is 13.6 Å². The average Bonchev–Trinajstić information content (AvgIpc) is 2.93. The normalized spacial score (nSPS) is 12.2. The Labute approximate surface area is 179 Å². The van der Waals surface area contributed by atoms with Crippen LogP contribution in [0.5, 0.6) is 0 Å². The minimum Gasteiger partial charge on any atom is -0.369 e. The van der Waals surface area contributed by atoms with Gasteiger partial charge in [0.05, 0.1) is 18.2 Å². The first-order chi connectivity index (χ1) is 12.4. The molecule has 27 heavy (non-hydrogen) atoms. The summed E-state index contributed by atoms with van der Waals surface area (Å²) in [6.07, 6.45) is 0.435. The number of aryl methyl sites for hydroxylation is 2. The van der Waals surface area contributed by atoms with Crippen LogP contribution in [-0.2, 0) is 17.8 Å². The molecular weight excluding hydrogens is 480 g/mol. The first-order valence-electron chi connectivity index (χ1n) is 8.30. The molecule has 1 aromatic heterocycles. The zero-order valence-corrected chi connectivity index (χ0v) is 18.7. The van der Waals surface area contributed by atoms with E-state index >= 15 is 0 Å². The number of guanidine groups is 1. The highest BCUT2D eigenvalue weighted by Crippen LogP contribution is 2.16. The van der Waals surface area contributed by atoms with Crippen LogP contribution in [0.3, 0.4) is 0 Å². The van der Waals surface area contributed by atoms with Gasteiger partial charge in [-0.05, 0) is 38.0 Å². The molecule has 0 bridgehead atoms. The number of hydrogen-bond donors (Lipinski definition) is 3. The van der Waals surface area contributed by atoms with Gasteiger partial charge < -0.3 is 16.4 Å². The van der Waals surface area contributed by atoms with Crippen molar-refractivity contribution in [1.29, 1.82) is 0 Å². The first-order valence-corrected chi connectivity index (χ1v) is 9.12. The van der Waals surface area contributed by atoms with Gasteiger partial charge in [-0.1, -0.05) is 12.1 Å². The van der Waals surface area contributed by atoms with Crippen LogP contribution in [0.15, 0.2) is 29.3 Å². The number of carbonyl (C=O) groups excluding carboxylic acids is 1. The highest BCUT2D eigenvalue weighted by Gasteiger charge is 2.17. The van der Waals surface area contributed by atoms with Crippen LogP contribution in [0.1, 0.15) is 21.1 Å². The van der Waals surface area contributed by atoms with Gasteiger partial charge in [0.15, 0.2) is 5.96 Å².